The smallest absolute Gasteiger partial charge is 0.243 e. The predicted molar refractivity (Wildman–Crippen MR) is 70.1 cm³/mol. The SMILES string of the molecule is CC(C)N1C(=O)CC(Sc2nnc(CN)n2C)C1=O. The van der Waals surface area contributed by atoms with Crippen LogP contribution in [0.25, 0.3) is 0 Å². The summed E-state index contributed by atoms with van der Waals surface area (Å²) in [7, 11) is 1.80. The summed E-state index contributed by atoms with van der Waals surface area (Å²) >= 11 is 1.27. The summed E-state index contributed by atoms with van der Waals surface area (Å²) in [5.41, 5.74) is 5.52. The number of carbonyl (C=O) groups excluding carboxylic acids is 2. The van der Waals surface area contributed by atoms with E-state index in [-0.39, 0.29) is 24.3 Å². The lowest BCUT2D eigenvalue weighted by Gasteiger charge is -2.18. The Hall–Kier alpha value is -1.41. The number of likely N-dealkylation sites (tertiary alicyclic amines) is 1. The Kier molecular flexibility index (Phi) is 3.91. The van der Waals surface area contributed by atoms with E-state index in [4.69, 9.17) is 5.73 Å². The Morgan fingerprint density at radius 1 is 1.42 bits per heavy atom. The minimum Gasteiger partial charge on any atom is -0.324 e. The molecule has 0 saturated carbocycles. The molecule has 2 rings (SSSR count). The maximum atomic E-state index is 12.2. The van der Waals surface area contributed by atoms with E-state index in [1.165, 1.54) is 16.7 Å². The van der Waals surface area contributed by atoms with Crippen molar-refractivity contribution in [3.63, 3.8) is 0 Å². The van der Waals surface area contributed by atoms with Crippen LogP contribution in [0.4, 0.5) is 0 Å². The Morgan fingerprint density at radius 2 is 2.11 bits per heavy atom. The molecule has 1 aromatic heterocycles. The molecule has 1 aromatic rings. The Bertz CT molecular complexity index is 513. The van der Waals surface area contributed by atoms with Gasteiger partial charge in [-0.25, -0.2) is 0 Å². The third kappa shape index (κ3) is 2.50. The van der Waals surface area contributed by atoms with Gasteiger partial charge in [0.05, 0.1) is 6.54 Å². The second-order valence-corrected chi connectivity index (χ2v) is 5.84. The Morgan fingerprint density at radius 3 is 2.58 bits per heavy atom. The van der Waals surface area contributed by atoms with Crippen LogP contribution >= 0.6 is 11.8 Å². The van der Waals surface area contributed by atoms with E-state index in [1.807, 2.05) is 13.8 Å². The Labute approximate surface area is 115 Å². The first kappa shape index (κ1) is 14.0. The van der Waals surface area contributed by atoms with Crippen LogP contribution in [-0.2, 0) is 23.2 Å². The molecule has 8 heteroatoms. The van der Waals surface area contributed by atoms with Crippen LogP contribution in [0.3, 0.4) is 0 Å². The van der Waals surface area contributed by atoms with Crippen LogP contribution in [0.15, 0.2) is 5.16 Å². The molecule has 0 aromatic carbocycles. The number of imide groups is 1. The number of nitrogens with two attached hydrogens (primary N) is 1. The normalized spacial score (nSPS) is 19.8. The van der Waals surface area contributed by atoms with Gasteiger partial charge in [0.15, 0.2) is 5.16 Å². The first-order valence-electron chi connectivity index (χ1n) is 6.06. The van der Waals surface area contributed by atoms with Crippen LogP contribution in [0.1, 0.15) is 26.1 Å². The average molecular weight is 283 g/mol. The van der Waals surface area contributed by atoms with E-state index in [0.29, 0.717) is 17.5 Å². The molecule has 1 aliphatic rings. The third-order valence-corrected chi connectivity index (χ3v) is 4.23. The molecule has 1 aliphatic heterocycles. The van der Waals surface area contributed by atoms with Crippen molar-refractivity contribution < 1.29 is 9.59 Å². The zero-order valence-electron chi connectivity index (χ0n) is 11.2. The highest BCUT2D eigenvalue weighted by Gasteiger charge is 2.41. The lowest BCUT2D eigenvalue weighted by atomic mass is 10.3. The highest BCUT2D eigenvalue weighted by atomic mass is 32.2. The molecule has 2 amide bonds. The second-order valence-electron chi connectivity index (χ2n) is 4.67. The van der Waals surface area contributed by atoms with Crippen molar-refractivity contribution in [1.82, 2.24) is 19.7 Å². The molecule has 0 aliphatic carbocycles. The van der Waals surface area contributed by atoms with E-state index < -0.39 is 5.25 Å². The molecule has 0 bridgehead atoms. The van der Waals surface area contributed by atoms with Crippen LogP contribution in [-0.4, -0.2) is 42.8 Å². The topological polar surface area (TPSA) is 94.1 Å². The number of amides is 2. The molecule has 1 fully saturated rings. The van der Waals surface area contributed by atoms with E-state index in [1.54, 1.807) is 11.6 Å². The standard InChI is InChI=1S/C11H17N5O2S/c1-6(2)16-9(17)4-7(10(16)18)19-11-14-13-8(5-12)15(11)3/h6-7H,4-5,12H2,1-3H3. The Balaban J connectivity index is 2.14. The summed E-state index contributed by atoms with van der Waals surface area (Å²) in [6.07, 6.45) is 0.215. The number of hydrogen-bond donors (Lipinski definition) is 1. The van der Waals surface area contributed by atoms with Gasteiger partial charge in [0.1, 0.15) is 11.1 Å². The fraction of sp³-hybridized carbons (Fsp3) is 0.636. The van der Waals surface area contributed by atoms with Crippen LogP contribution < -0.4 is 5.73 Å². The number of carbonyl (C=O) groups is 2. The van der Waals surface area contributed by atoms with E-state index in [2.05, 4.69) is 10.2 Å². The van der Waals surface area contributed by atoms with E-state index >= 15 is 0 Å². The highest BCUT2D eigenvalue weighted by Crippen LogP contribution is 2.31. The van der Waals surface area contributed by atoms with Crippen molar-refractivity contribution in [2.24, 2.45) is 12.8 Å². The van der Waals surface area contributed by atoms with E-state index in [9.17, 15) is 9.59 Å². The first-order valence-corrected chi connectivity index (χ1v) is 6.94. The number of rotatable bonds is 4. The third-order valence-electron chi connectivity index (χ3n) is 3.01. The summed E-state index contributed by atoms with van der Waals surface area (Å²) in [5, 5.41) is 8.12. The average Bonchev–Trinajstić information content (AvgIpc) is 2.82. The van der Waals surface area contributed by atoms with Gasteiger partial charge in [-0.1, -0.05) is 11.8 Å². The maximum absolute atomic E-state index is 12.2. The highest BCUT2D eigenvalue weighted by molar-refractivity contribution is 8.00. The van der Waals surface area contributed by atoms with Crippen molar-refractivity contribution in [3.8, 4) is 0 Å². The van der Waals surface area contributed by atoms with Gasteiger partial charge in [-0.05, 0) is 13.8 Å². The molecular weight excluding hydrogens is 266 g/mol. The molecule has 2 heterocycles. The van der Waals surface area contributed by atoms with Crippen molar-refractivity contribution in [3.05, 3.63) is 5.82 Å². The minimum absolute atomic E-state index is 0.107. The molecule has 1 unspecified atom stereocenters. The van der Waals surface area contributed by atoms with Crippen LogP contribution in [0.5, 0.6) is 0 Å². The lowest BCUT2D eigenvalue weighted by Crippen LogP contribution is -2.37. The number of aromatic nitrogens is 3. The van der Waals surface area contributed by atoms with Crippen molar-refractivity contribution in [1.29, 1.82) is 0 Å². The molecule has 7 nitrogen and oxygen atoms in total. The largest absolute Gasteiger partial charge is 0.324 e. The van der Waals surface area contributed by atoms with Gasteiger partial charge < -0.3 is 10.3 Å². The van der Waals surface area contributed by atoms with Gasteiger partial charge in [-0.3, -0.25) is 14.5 Å². The van der Waals surface area contributed by atoms with Gasteiger partial charge in [0, 0.05) is 19.5 Å². The number of hydrogen-bond acceptors (Lipinski definition) is 6. The van der Waals surface area contributed by atoms with Gasteiger partial charge in [-0.15, -0.1) is 10.2 Å². The molecule has 1 atom stereocenters. The first-order chi connectivity index (χ1) is 8.95. The summed E-state index contributed by atoms with van der Waals surface area (Å²) < 4.78 is 1.75. The quantitative estimate of drug-likeness (QED) is 0.776. The van der Waals surface area contributed by atoms with Gasteiger partial charge in [-0.2, -0.15) is 0 Å². The van der Waals surface area contributed by atoms with Gasteiger partial charge >= 0.3 is 0 Å². The predicted octanol–water partition coefficient (Wildman–Crippen LogP) is -0.0982. The molecule has 1 saturated heterocycles. The molecule has 104 valence electrons. The van der Waals surface area contributed by atoms with Gasteiger partial charge in [0.2, 0.25) is 11.8 Å². The molecular formula is C11H17N5O2S. The summed E-state index contributed by atoms with van der Waals surface area (Å²) in [6.45, 7) is 3.95. The zero-order chi connectivity index (χ0) is 14.2. The van der Waals surface area contributed by atoms with Crippen molar-refractivity contribution in [2.45, 2.75) is 43.3 Å². The fourth-order valence-corrected chi connectivity index (χ4v) is 3.06. The molecule has 2 N–H and O–H groups in total. The second kappa shape index (κ2) is 5.30. The molecule has 19 heavy (non-hydrogen) atoms. The lowest BCUT2D eigenvalue weighted by molar-refractivity contribution is -0.140. The monoisotopic (exact) mass is 283 g/mol. The molecule has 0 radical (unpaired) electrons. The van der Waals surface area contributed by atoms with Crippen LogP contribution in [0.2, 0.25) is 0 Å². The maximum Gasteiger partial charge on any atom is 0.243 e. The van der Waals surface area contributed by atoms with Crippen molar-refractivity contribution in [2.75, 3.05) is 0 Å². The number of nitrogens with zero attached hydrogens (tertiary/aromatic N) is 4. The number of thioether (sulfide) groups is 1. The van der Waals surface area contributed by atoms with Gasteiger partial charge in [0.25, 0.3) is 0 Å². The minimum atomic E-state index is -0.413. The summed E-state index contributed by atoms with van der Waals surface area (Å²) in [5.74, 6) is 0.376. The fourth-order valence-electron chi connectivity index (χ4n) is 2.01. The zero-order valence-corrected chi connectivity index (χ0v) is 12.0. The van der Waals surface area contributed by atoms with Crippen molar-refractivity contribution >= 4 is 23.6 Å². The molecule has 0 spiro atoms. The summed E-state index contributed by atoms with van der Waals surface area (Å²) in [4.78, 5) is 25.3. The van der Waals surface area contributed by atoms with E-state index in [0.717, 1.165) is 0 Å². The summed E-state index contributed by atoms with van der Waals surface area (Å²) in [6, 6.07) is -0.107. The van der Waals surface area contributed by atoms with Crippen LogP contribution in [0, 0.1) is 0 Å².